The summed E-state index contributed by atoms with van der Waals surface area (Å²) in [6.07, 6.45) is 0.538. The number of thiophene rings is 1. The van der Waals surface area contributed by atoms with Gasteiger partial charge < -0.3 is 5.11 Å². The lowest BCUT2D eigenvalue weighted by atomic mass is 10.3. The number of benzene rings is 1. The fourth-order valence-corrected chi connectivity index (χ4v) is 3.85. The van der Waals surface area contributed by atoms with Crippen molar-refractivity contribution in [2.75, 3.05) is 6.54 Å². The van der Waals surface area contributed by atoms with Gasteiger partial charge in [0.1, 0.15) is 0 Å². The van der Waals surface area contributed by atoms with Crippen LogP contribution in [0.25, 0.3) is 0 Å². The molecule has 7 heteroatoms. The molecule has 0 aliphatic rings. The number of carbonyl (C=O) groups is 1. The predicted molar refractivity (Wildman–Crippen MR) is 81.0 cm³/mol. The highest BCUT2D eigenvalue weighted by atomic mass is 32.2. The third-order valence-electron chi connectivity index (χ3n) is 2.76. The Morgan fingerprint density at radius 1 is 1.10 bits per heavy atom. The van der Waals surface area contributed by atoms with Crippen LogP contribution in [0.1, 0.15) is 9.75 Å². The molecule has 0 fully saturated rings. The molecular formula is C14H15NO4S2. The summed E-state index contributed by atoms with van der Waals surface area (Å²) in [5.74, 6) is -0.867. The Morgan fingerprint density at radius 2 is 1.76 bits per heavy atom. The molecule has 1 aromatic carbocycles. The molecule has 2 rings (SSSR count). The van der Waals surface area contributed by atoms with Crippen molar-refractivity contribution in [3.8, 4) is 0 Å². The highest BCUT2D eigenvalue weighted by Crippen LogP contribution is 2.17. The van der Waals surface area contributed by atoms with E-state index >= 15 is 0 Å². The molecule has 0 saturated heterocycles. The van der Waals surface area contributed by atoms with Gasteiger partial charge in [-0.05, 0) is 30.7 Å². The summed E-state index contributed by atoms with van der Waals surface area (Å²) >= 11 is 1.39. The average molecular weight is 325 g/mol. The molecule has 0 aliphatic carbocycles. The van der Waals surface area contributed by atoms with Gasteiger partial charge in [-0.1, -0.05) is 18.2 Å². The monoisotopic (exact) mass is 325 g/mol. The zero-order valence-corrected chi connectivity index (χ0v) is 12.8. The molecule has 0 bridgehead atoms. The van der Waals surface area contributed by atoms with Crippen LogP contribution in [0.3, 0.4) is 0 Å². The highest BCUT2D eigenvalue weighted by molar-refractivity contribution is 7.89. The molecule has 0 unspecified atom stereocenters. The number of sulfonamides is 1. The topological polar surface area (TPSA) is 83.5 Å². The van der Waals surface area contributed by atoms with Crippen molar-refractivity contribution >= 4 is 27.3 Å². The second kappa shape index (κ2) is 6.84. The Kier molecular flexibility index (Phi) is 5.11. The molecule has 0 spiro atoms. The maximum absolute atomic E-state index is 12.0. The van der Waals surface area contributed by atoms with E-state index in [2.05, 4.69) is 4.72 Å². The molecule has 5 nitrogen and oxygen atoms in total. The Hall–Kier alpha value is -1.70. The standard InChI is InChI=1S/C14H15NO4S2/c16-14(17)10-12-7-6-11(20-12)8-9-15-21(18,19)13-4-2-1-3-5-13/h1-7,15H,8-10H2,(H,16,17). The summed E-state index contributed by atoms with van der Waals surface area (Å²) in [6.45, 7) is 0.282. The molecule has 0 amide bonds. The second-order valence-electron chi connectivity index (χ2n) is 4.40. The van der Waals surface area contributed by atoms with Crippen LogP contribution in [0.2, 0.25) is 0 Å². The summed E-state index contributed by atoms with van der Waals surface area (Å²) in [4.78, 5) is 12.6. The average Bonchev–Trinajstić information content (AvgIpc) is 2.86. The first-order valence-corrected chi connectivity index (χ1v) is 8.61. The summed E-state index contributed by atoms with van der Waals surface area (Å²) in [5.41, 5.74) is 0. The number of carboxylic acid groups (broad SMARTS) is 1. The number of carboxylic acids is 1. The third-order valence-corrected chi connectivity index (χ3v) is 5.38. The zero-order valence-electron chi connectivity index (χ0n) is 11.2. The molecule has 0 radical (unpaired) electrons. The minimum absolute atomic E-state index is 0.000406. The first-order chi connectivity index (χ1) is 9.97. The van der Waals surface area contributed by atoms with E-state index in [9.17, 15) is 13.2 Å². The van der Waals surface area contributed by atoms with E-state index in [0.717, 1.165) is 9.75 Å². The van der Waals surface area contributed by atoms with Crippen molar-refractivity contribution in [1.82, 2.24) is 4.72 Å². The lowest BCUT2D eigenvalue weighted by Gasteiger charge is -2.05. The molecule has 1 aromatic heterocycles. The van der Waals surface area contributed by atoms with Gasteiger partial charge in [-0.15, -0.1) is 11.3 Å². The molecule has 0 atom stereocenters. The van der Waals surface area contributed by atoms with Crippen LogP contribution in [0.15, 0.2) is 47.4 Å². The van der Waals surface area contributed by atoms with Crippen molar-refractivity contribution < 1.29 is 18.3 Å². The molecule has 2 aromatic rings. The van der Waals surface area contributed by atoms with Gasteiger partial charge in [-0.2, -0.15) is 0 Å². The van der Waals surface area contributed by atoms with Crippen LogP contribution >= 0.6 is 11.3 Å². The Morgan fingerprint density at radius 3 is 2.43 bits per heavy atom. The third kappa shape index (κ3) is 4.66. The predicted octanol–water partition coefficient (Wildman–Crippen LogP) is 1.90. The van der Waals surface area contributed by atoms with Crippen LogP contribution < -0.4 is 4.72 Å². The minimum Gasteiger partial charge on any atom is -0.481 e. The van der Waals surface area contributed by atoms with Gasteiger partial charge in [0.2, 0.25) is 10.0 Å². The highest BCUT2D eigenvalue weighted by Gasteiger charge is 2.12. The van der Waals surface area contributed by atoms with Gasteiger partial charge in [0.25, 0.3) is 0 Å². The molecule has 112 valence electrons. The van der Waals surface area contributed by atoms with Crippen molar-refractivity contribution in [3.05, 3.63) is 52.2 Å². The number of rotatable bonds is 7. The normalized spacial score (nSPS) is 11.4. The maximum atomic E-state index is 12.0. The van der Waals surface area contributed by atoms with Gasteiger partial charge in [0.05, 0.1) is 11.3 Å². The maximum Gasteiger partial charge on any atom is 0.308 e. The Bertz CT molecular complexity index is 708. The Balaban J connectivity index is 1.89. The van der Waals surface area contributed by atoms with E-state index in [4.69, 9.17) is 5.11 Å². The minimum atomic E-state index is -3.48. The van der Waals surface area contributed by atoms with Gasteiger partial charge >= 0.3 is 5.97 Å². The molecule has 0 aliphatic heterocycles. The van der Waals surface area contributed by atoms with Crippen LogP contribution in [0.4, 0.5) is 0 Å². The summed E-state index contributed by atoms with van der Waals surface area (Å²) in [7, 11) is -3.48. The van der Waals surface area contributed by atoms with Crippen LogP contribution in [-0.4, -0.2) is 26.0 Å². The number of hydrogen-bond donors (Lipinski definition) is 2. The van der Waals surface area contributed by atoms with Crippen LogP contribution in [0.5, 0.6) is 0 Å². The first kappa shape index (κ1) is 15.7. The summed E-state index contributed by atoms with van der Waals surface area (Å²) in [6, 6.07) is 11.8. The van der Waals surface area contributed by atoms with E-state index in [1.165, 1.54) is 11.3 Å². The smallest absolute Gasteiger partial charge is 0.308 e. The van der Waals surface area contributed by atoms with E-state index < -0.39 is 16.0 Å². The molecule has 0 saturated carbocycles. The fourth-order valence-electron chi connectivity index (χ4n) is 1.79. The first-order valence-electron chi connectivity index (χ1n) is 6.31. The molecule has 2 N–H and O–H groups in total. The summed E-state index contributed by atoms with van der Waals surface area (Å²) in [5, 5.41) is 8.70. The molecule has 1 heterocycles. The number of aliphatic carboxylic acids is 1. The Labute approximate surface area is 127 Å². The molecule has 21 heavy (non-hydrogen) atoms. The fraction of sp³-hybridized carbons (Fsp3) is 0.214. The van der Waals surface area contributed by atoms with Crippen molar-refractivity contribution in [1.29, 1.82) is 0 Å². The second-order valence-corrected chi connectivity index (χ2v) is 7.42. The van der Waals surface area contributed by atoms with E-state index in [1.54, 1.807) is 36.4 Å². The van der Waals surface area contributed by atoms with Gasteiger partial charge in [0.15, 0.2) is 0 Å². The van der Waals surface area contributed by atoms with Crippen LogP contribution in [-0.2, 0) is 27.7 Å². The molecular weight excluding hydrogens is 310 g/mol. The summed E-state index contributed by atoms with van der Waals surface area (Å²) < 4.78 is 26.5. The lowest BCUT2D eigenvalue weighted by molar-refractivity contribution is -0.136. The van der Waals surface area contributed by atoms with E-state index in [-0.39, 0.29) is 17.9 Å². The largest absolute Gasteiger partial charge is 0.481 e. The van der Waals surface area contributed by atoms with Gasteiger partial charge in [-0.3, -0.25) is 4.79 Å². The van der Waals surface area contributed by atoms with E-state index in [0.29, 0.717) is 6.42 Å². The van der Waals surface area contributed by atoms with Crippen LogP contribution in [0, 0.1) is 0 Å². The number of hydrogen-bond acceptors (Lipinski definition) is 4. The van der Waals surface area contributed by atoms with Crippen molar-refractivity contribution in [2.45, 2.75) is 17.7 Å². The van der Waals surface area contributed by atoms with Gasteiger partial charge in [-0.25, -0.2) is 13.1 Å². The van der Waals surface area contributed by atoms with Crippen molar-refractivity contribution in [2.24, 2.45) is 0 Å². The zero-order chi connectivity index (χ0) is 15.3. The van der Waals surface area contributed by atoms with Gasteiger partial charge in [0, 0.05) is 16.3 Å². The number of nitrogens with one attached hydrogen (secondary N) is 1. The SMILES string of the molecule is O=C(O)Cc1ccc(CCNS(=O)(=O)c2ccccc2)s1. The van der Waals surface area contributed by atoms with Crippen molar-refractivity contribution in [3.63, 3.8) is 0 Å². The lowest BCUT2D eigenvalue weighted by Crippen LogP contribution is -2.25. The van der Waals surface area contributed by atoms with E-state index in [1.807, 2.05) is 6.07 Å². The quantitative estimate of drug-likeness (QED) is 0.814.